The second-order valence-electron chi connectivity index (χ2n) is 3.47. The largest absolute Gasteiger partial charge is 0.469 e. The highest BCUT2D eigenvalue weighted by atomic mass is 79.9. The summed E-state index contributed by atoms with van der Waals surface area (Å²) in [4.78, 5) is 0.711. The molecule has 1 unspecified atom stereocenters. The van der Waals surface area contributed by atoms with E-state index in [1.54, 1.807) is 6.26 Å². The highest BCUT2D eigenvalue weighted by molar-refractivity contribution is 9.09. The molecular weight excluding hydrogens is 216 g/mol. The first-order valence-electron chi connectivity index (χ1n) is 4.53. The lowest BCUT2D eigenvalue weighted by molar-refractivity contribution is 0.496. The zero-order valence-corrected chi connectivity index (χ0v) is 8.59. The van der Waals surface area contributed by atoms with Crippen LogP contribution in [-0.2, 0) is 6.42 Å². The zero-order chi connectivity index (χ0) is 8.39. The maximum atomic E-state index is 5.26. The summed E-state index contributed by atoms with van der Waals surface area (Å²) in [5, 5.41) is 0. The average molecular weight is 229 g/mol. The van der Waals surface area contributed by atoms with Crippen molar-refractivity contribution >= 4 is 15.9 Å². The average Bonchev–Trinajstić information content (AvgIpc) is 2.80. The van der Waals surface area contributed by atoms with Gasteiger partial charge in [-0.05, 0) is 37.3 Å². The van der Waals surface area contributed by atoms with Crippen molar-refractivity contribution in [2.24, 2.45) is 5.92 Å². The monoisotopic (exact) mass is 228 g/mol. The van der Waals surface area contributed by atoms with Crippen molar-refractivity contribution in [3.05, 3.63) is 24.2 Å². The molecule has 66 valence electrons. The molecule has 1 atom stereocenters. The topological polar surface area (TPSA) is 13.1 Å². The second-order valence-corrected chi connectivity index (χ2v) is 4.65. The summed E-state index contributed by atoms with van der Waals surface area (Å²) in [6.45, 7) is 0. The molecule has 0 aliphatic heterocycles. The minimum atomic E-state index is 0.711. The van der Waals surface area contributed by atoms with Crippen molar-refractivity contribution in [3.8, 4) is 0 Å². The van der Waals surface area contributed by atoms with Gasteiger partial charge in [0.1, 0.15) is 5.76 Å². The van der Waals surface area contributed by atoms with Gasteiger partial charge >= 0.3 is 0 Å². The predicted molar refractivity (Wildman–Crippen MR) is 52.5 cm³/mol. The molecule has 1 aliphatic rings. The summed E-state index contributed by atoms with van der Waals surface area (Å²) >= 11 is 3.71. The molecule has 0 bridgehead atoms. The van der Waals surface area contributed by atoms with Crippen molar-refractivity contribution in [1.29, 1.82) is 0 Å². The van der Waals surface area contributed by atoms with Gasteiger partial charge in [0.2, 0.25) is 0 Å². The van der Waals surface area contributed by atoms with E-state index < -0.39 is 0 Å². The number of hydrogen-bond acceptors (Lipinski definition) is 1. The van der Waals surface area contributed by atoms with E-state index in [2.05, 4.69) is 15.9 Å². The molecule has 0 saturated heterocycles. The standard InChI is InChI=1S/C10H13BrO/c11-10(8-3-4-8)6-5-9-2-1-7-12-9/h1-2,7-8,10H,3-6H2. The lowest BCUT2D eigenvalue weighted by atomic mass is 10.1. The Kier molecular flexibility index (Phi) is 2.54. The van der Waals surface area contributed by atoms with E-state index in [1.165, 1.54) is 19.3 Å². The molecule has 0 amide bonds. The van der Waals surface area contributed by atoms with Gasteiger partial charge in [-0.1, -0.05) is 15.9 Å². The van der Waals surface area contributed by atoms with Crippen LogP contribution in [0.2, 0.25) is 0 Å². The molecule has 12 heavy (non-hydrogen) atoms. The van der Waals surface area contributed by atoms with Crippen LogP contribution in [0.3, 0.4) is 0 Å². The van der Waals surface area contributed by atoms with Gasteiger partial charge in [-0.2, -0.15) is 0 Å². The molecule has 0 aromatic carbocycles. The van der Waals surface area contributed by atoms with E-state index >= 15 is 0 Å². The maximum Gasteiger partial charge on any atom is 0.103 e. The van der Waals surface area contributed by atoms with Crippen LogP contribution in [0.5, 0.6) is 0 Å². The Morgan fingerprint density at radius 1 is 1.58 bits per heavy atom. The third-order valence-electron chi connectivity index (χ3n) is 2.38. The van der Waals surface area contributed by atoms with Crippen LogP contribution in [0.25, 0.3) is 0 Å². The van der Waals surface area contributed by atoms with Crippen molar-refractivity contribution in [2.45, 2.75) is 30.5 Å². The van der Waals surface area contributed by atoms with Crippen LogP contribution in [0.4, 0.5) is 0 Å². The molecule has 0 radical (unpaired) electrons. The first kappa shape index (κ1) is 8.36. The van der Waals surface area contributed by atoms with Gasteiger partial charge in [0.25, 0.3) is 0 Å². The normalized spacial score (nSPS) is 19.4. The van der Waals surface area contributed by atoms with E-state index in [0.29, 0.717) is 4.83 Å². The van der Waals surface area contributed by atoms with E-state index in [1.807, 2.05) is 12.1 Å². The Hall–Kier alpha value is -0.240. The Labute approximate surface area is 81.3 Å². The number of rotatable bonds is 4. The fourth-order valence-corrected chi connectivity index (χ4v) is 2.19. The summed E-state index contributed by atoms with van der Waals surface area (Å²) in [5.41, 5.74) is 0. The molecule has 2 heteroatoms. The molecule has 1 saturated carbocycles. The fraction of sp³-hybridized carbons (Fsp3) is 0.600. The van der Waals surface area contributed by atoms with E-state index in [0.717, 1.165) is 18.1 Å². The Balaban J connectivity index is 1.74. The molecule has 1 nitrogen and oxygen atoms in total. The van der Waals surface area contributed by atoms with Gasteiger partial charge < -0.3 is 4.42 Å². The van der Waals surface area contributed by atoms with Gasteiger partial charge in [0.15, 0.2) is 0 Å². The molecule has 1 aromatic rings. The highest BCUT2D eigenvalue weighted by Crippen LogP contribution is 2.38. The summed E-state index contributed by atoms with van der Waals surface area (Å²) in [5.74, 6) is 2.06. The summed E-state index contributed by atoms with van der Waals surface area (Å²) < 4.78 is 5.26. The zero-order valence-electron chi connectivity index (χ0n) is 7.00. The minimum Gasteiger partial charge on any atom is -0.469 e. The fourth-order valence-electron chi connectivity index (χ4n) is 1.43. The van der Waals surface area contributed by atoms with Crippen molar-refractivity contribution in [2.75, 3.05) is 0 Å². The predicted octanol–water partition coefficient (Wildman–Crippen LogP) is 3.39. The van der Waals surface area contributed by atoms with Crippen LogP contribution in [0, 0.1) is 5.92 Å². The summed E-state index contributed by atoms with van der Waals surface area (Å²) in [7, 11) is 0. The van der Waals surface area contributed by atoms with Gasteiger partial charge in [-0.3, -0.25) is 0 Å². The molecule has 1 fully saturated rings. The second kappa shape index (κ2) is 3.65. The Morgan fingerprint density at radius 3 is 3.00 bits per heavy atom. The van der Waals surface area contributed by atoms with Crippen LogP contribution in [-0.4, -0.2) is 4.83 Å². The third kappa shape index (κ3) is 2.13. The lowest BCUT2D eigenvalue weighted by Crippen LogP contribution is -2.01. The molecule has 1 aromatic heterocycles. The first-order chi connectivity index (χ1) is 5.86. The van der Waals surface area contributed by atoms with Gasteiger partial charge in [0, 0.05) is 11.2 Å². The number of alkyl halides is 1. The Morgan fingerprint density at radius 2 is 2.42 bits per heavy atom. The van der Waals surface area contributed by atoms with Gasteiger partial charge in [-0.15, -0.1) is 0 Å². The molecule has 0 spiro atoms. The number of halogens is 1. The van der Waals surface area contributed by atoms with E-state index in [9.17, 15) is 0 Å². The smallest absolute Gasteiger partial charge is 0.103 e. The SMILES string of the molecule is BrC(CCc1ccco1)C1CC1. The Bertz CT molecular complexity index is 226. The van der Waals surface area contributed by atoms with Gasteiger partial charge in [-0.25, -0.2) is 0 Å². The quantitative estimate of drug-likeness (QED) is 0.721. The van der Waals surface area contributed by atoms with Crippen LogP contribution in [0.1, 0.15) is 25.0 Å². The van der Waals surface area contributed by atoms with E-state index in [4.69, 9.17) is 4.42 Å². The van der Waals surface area contributed by atoms with Crippen molar-refractivity contribution < 1.29 is 4.42 Å². The molecule has 2 rings (SSSR count). The van der Waals surface area contributed by atoms with Crippen molar-refractivity contribution in [3.63, 3.8) is 0 Å². The molecule has 0 N–H and O–H groups in total. The molecular formula is C10H13BrO. The lowest BCUT2D eigenvalue weighted by Gasteiger charge is -2.05. The number of furan rings is 1. The van der Waals surface area contributed by atoms with Gasteiger partial charge in [0.05, 0.1) is 6.26 Å². The third-order valence-corrected chi connectivity index (χ3v) is 3.59. The number of aryl methyl sites for hydroxylation is 1. The molecule has 1 aliphatic carbocycles. The van der Waals surface area contributed by atoms with Crippen LogP contribution in [0.15, 0.2) is 22.8 Å². The van der Waals surface area contributed by atoms with E-state index in [-0.39, 0.29) is 0 Å². The summed E-state index contributed by atoms with van der Waals surface area (Å²) in [6.07, 6.45) is 6.84. The van der Waals surface area contributed by atoms with Crippen molar-refractivity contribution in [1.82, 2.24) is 0 Å². The summed E-state index contributed by atoms with van der Waals surface area (Å²) in [6, 6.07) is 4.00. The van der Waals surface area contributed by atoms with Crippen LogP contribution < -0.4 is 0 Å². The minimum absolute atomic E-state index is 0.711. The van der Waals surface area contributed by atoms with Crippen LogP contribution >= 0.6 is 15.9 Å². The number of hydrogen-bond donors (Lipinski definition) is 0. The first-order valence-corrected chi connectivity index (χ1v) is 5.44. The highest BCUT2D eigenvalue weighted by Gasteiger charge is 2.28. The maximum absolute atomic E-state index is 5.26. The molecule has 1 heterocycles.